The van der Waals surface area contributed by atoms with Crippen LogP contribution in [0.3, 0.4) is 0 Å². The van der Waals surface area contributed by atoms with E-state index in [-0.39, 0.29) is 4.90 Å². The number of rotatable bonds is 5. The predicted molar refractivity (Wildman–Crippen MR) is 124 cm³/mol. The van der Waals surface area contributed by atoms with Crippen LogP contribution in [0.15, 0.2) is 57.2 Å². The lowest BCUT2D eigenvalue weighted by Crippen LogP contribution is -2.48. The van der Waals surface area contributed by atoms with Gasteiger partial charge in [-0.15, -0.1) is 11.3 Å². The summed E-state index contributed by atoms with van der Waals surface area (Å²) in [6, 6.07) is 13.3. The van der Waals surface area contributed by atoms with E-state index in [1.165, 1.54) is 17.0 Å². The van der Waals surface area contributed by atoms with Crippen LogP contribution in [0.2, 0.25) is 0 Å². The summed E-state index contributed by atoms with van der Waals surface area (Å²) < 4.78 is 33.8. The van der Waals surface area contributed by atoms with E-state index in [0.29, 0.717) is 36.4 Å². The molecule has 1 aromatic heterocycles. The maximum Gasteiger partial charge on any atom is 0.246 e. The monoisotopic (exact) mass is 507 g/mol. The first-order valence-corrected chi connectivity index (χ1v) is 12.6. The van der Waals surface area contributed by atoms with Crippen molar-refractivity contribution in [1.82, 2.24) is 9.29 Å². The predicted octanol–water partition coefficient (Wildman–Crippen LogP) is 4.40. The molecule has 0 radical (unpaired) electrons. The fourth-order valence-electron chi connectivity index (χ4n) is 3.46. The van der Waals surface area contributed by atoms with E-state index >= 15 is 0 Å². The number of anilines is 1. The van der Waals surface area contributed by atoms with Gasteiger partial charge in [-0.05, 0) is 31.2 Å². The topological polar surface area (TPSA) is 62.7 Å². The van der Waals surface area contributed by atoms with E-state index < -0.39 is 10.0 Å². The zero-order valence-electron chi connectivity index (χ0n) is 16.7. The largest absolute Gasteiger partial charge is 0.495 e. The van der Waals surface area contributed by atoms with Crippen LogP contribution < -0.4 is 9.64 Å². The third-order valence-electron chi connectivity index (χ3n) is 5.06. The Morgan fingerprint density at radius 3 is 2.57 bits per heavy atom. The van der Waals surface area contributed by atoms with Crippen LogP contribution in [0.1, 0.15) is 5.56 Å². The van der Waals surface area contributed by atoms with Crippen LogP contribution in [-0.4, -0.2) is 51.0 Å². The lowest BCUT2D eigenvalue weighted by Gasteiger charge is -2.34. The number of nitrogens with zero attached hydrogens (tertiary/aromatic N) is 3. The molecule has 0 atom stereocenters. The number of hydrogen-bond donors (Lipinski definition) is 0. The van der Waals surface area contributed by atoms with Gasteiger partial charge >= 0.3 is 0 Å². The highest BCUT2D eigenvalue weighted by Gasteiger charge is 2.31. The second-order valence-electron chi connectivity index (χ2n) is 7.07. The molecule has 158 valence electrons. The van der Waals surface area contributed by atoms with Crippen LogP contribution in [0.5, 0.6) is 5.75 Å². The molecule has 9 heteroatoms. The molecular formula is C21H22BrN3O3S2. The minimum atomic E-state index is -3.64. The second kappa shape index (κ2) is 8.66. The zero-order valence-corrected chi connectivity index (χ0v) is 19.9. The molecule has 1 saturated heterocycles. The van der Waals surface area contributed by atoms with Gasteiger partial charge in [0, 0.05) is 41.6 Å². The Labute approximate surface area is 189 Å². The highest BCUT2D eigenvalue weighted by molar-refractivity contribution is 9.10. The SMILES string of the molecule is COc1ccc(Br)cc1S(=O)(=O)N1CCN(c2nc(-c3cccc(C)c3)cs2)CC1. The first-order valence-electron chi connectivity index (χ1n) is 9.50. The van der Waals surface area contributed by atoms with Gasteiger partial charge in [-0.25, -0.2) is 13.4 Å². The Kier molecular flexibility index (Phi) is 6.15. The third kappa shape index (κ3) is 4.25. The van der Waals surface area contributed by atoms with Gasteiger partial charge in [0.25, 0.3) is 0 Å². The number of ether oxygens (including phenoxy) is 1. The normalized spacial score (nSPS) is 15.4. The number of halogens is 1. The summed E-state index contributed by atoms with van der Waals surface area (Å²) in [5.74, 6) is 0.350. The molecular weight excluding hydrogens is 486 g/mol. The van der Waals surface area contributed by atoms with Gasteiger partial charge in [0.05, 0.1) is 12.8 Å². The summed E-state index contributed by atoms with van der Waals surface area (Å²) in [6.07, 6.45) is 0. The van der Waals surface area contributed by atoms with E-state index in [9.17, 15) is 8.42 Å². The highest BCUT2D eigenvalue weighted by Crippen LogP contribution is 2.32. The maximum atomic E-state index is 13.2. The van der Waals surface area contributed by atoms with Crippen molar-refractivity contribution in [2.24, 2.45) is 0 Å². The van der Waals surface area contributed by atoms with Crippen molar-refractivity contribution in [1.29, 1.82) is 0 Å². The standard InChI is InChI=1S/C21H22BrN3O3S2/c1-15-4-3-5-16(12-15)18-14-29-21(23-18)24-8-10-25(11-9-24)30(26,27)20-13-17(22)6-7-19(20)28-2/h3-7,12-14H,8-11H2,1-2H3. The minimum Gasteiger partial charge on any atom is -0.495 e. The summed E-state index contributed by atoms with van der Waals surface area (Å²) in [5.41, 5.74) is 3.25. The van der Waals surface area contributed by atoms with Gasteiger partial charge in [-0.3, -0.25) is 0 Å². The average Bonchev–Trinajstić information content (AvgIpc) is 3.24. The molecule has 0 aliphatic carbocycles. The Bertz CT molecular complexity index is 1160. The van der Waals surface area contributed by atoms with E-state index in [1.807, 2.05) is 6.07 Å². The molecule has 2 aromatic carbocycles. The number of sulfonamides is 1. The number of piperazine rings is 1. The van der Waals surface area contributed by atoms with Gasteiger partial charge in [-0.1, -0.05) is 39.7 Å². The fourth-order valence-corrected chi connectivity index (χ4v) is 6.46. The zero-order chi connectivity index (χ0) is 21.3. The molecule has 1 aliphatic rings. The highest BCUT2D eigenvalue weighted by atomic mass is 79.9. The van der Waals surface area contributed by atoms with Crippen LogP contribution in [0.25, 0.3) is 11.3 Å². The summed E-state index contributed by atoms with van der Waals surface area (Å²) in [6.45, 7) is 4.05. The summed E-state index contributed by atoms with van der Waals surface area (Å²) >= 11 is 4.94. The van der Waals surface area contributed by atoms with E-state index in [1.54, 1.807) is 29.5 Å². The number of hydrogen-bond acceptors (Lipinski definition) is 6. The van der Waals surface area contributed by atoms with Crippen LogP contribution in [0.4, 0.5) is 5.13 Å². The molecule has 1 aliphatic heterocycles. The minimum absolute atomic E-state index is 0.184. The Morgan fingerprint density at radius 2 is 1.87 bits per heavy atom. The first-order chi connectivity index (χ1) is 14.4. The molecule has 2 heterocycles. The molecule has 1 fully saturated rings. The fraction of sp³-hybridized carbons (Fsp3) is 0.286. The molecule has 0 amide bonds. The van der Waals surface area contributed by atoms with E-state index in [2.05, 4.69) is 51.3 Å². The number of aromatic nitrogens is 1. The van der Waals surface area contributed by atoms with Crippen LogP contribution in [-0.2, 0) is 10.0 Å². The average molecular weight is 508 g/mol. The molecule has 3 aromatic rings. The van der Waals surface area contributed by atoms with Crippen LogP contribution >= 0.6 is 27.3 Å². The summed E-state index contributed by atoms with van der Waals surface area (Å²) in [4.78, 5) is 7.11. The molecule has 6 nitrogen and oxygen atoms in total. The van der Waals surface area contributed by atoms with Crippen molar-refractivity contribution in [3.8, 4) is 17.0 Å². The molecule has 0 unspecified atom stereocenters. The number of thiazole rings is 1. The smallest absolute Gasteiger partial charge is 0.246 e. The third-order valence-corrected chi connectivity index (χ3v) is 8.37. The summed E-state index contributed by atoms with van der Waals surface area (Å²) in [7, 11) is -2.16. The first kappa shape index (κ1) is 21.3. The van der Waals surface area contributed by atoms with Gasteiger partial charge in [-0.2, -0.15) is 4.31 Å². The van der Waals surface area contributed by atoms with Crippen molar-refractivity contribution < 1.29 is 13.2 Å². The lowest BCUT2D eigenvalue weighted by atomic mass is 10.1. The molecule has 0 spiro atoms. The maximum absolute atomic E-state index is 13.2. The quantitative estimate of drug-likeness (QED) is 0.512. The molecule has 4 rings (SSSR count). The number of benzene rings is 2. The lowest BCUT2D eigenvalue weighted by molar-refractivity contribution is 0.374. The number of aryl methyl sites for hydroxylation is 1. The van der Waals surface area contributed by atoms with Crippen molar-refractivity contribution >= 4 is 42.4 Å². The molecule has 0 N–H and O–H groups in total. The van der Waals surface area contributed by atoms with Gasteiger partial charge in [0.15, 0.2) is 5.13 Å². The molecule has 0 bridgehead atoms. The Hall–Kier alpha value is -1.94. The van der Waals surface area contributed by atoms with E-state index in [0.717, 1.165) is 16.4 Å². The van der Waals surface area contributed by atoms with Gasteiger partial charge in [0.2, 0.25) is 10.0 Å². The van der Waals surface area contributed by atoms with Crippen LogP contribution in [0, 0.1) is 6.92 Å². The van der Waals surface area contributed by atoms with Gasteiger partial charge < -0.3 is 9.64 Å². The summed E-state index contributed by atoms with van der Waals surface area (Å²) in [5, 5.41) is 2.98. The number of methoxy groups -OCH3 is 1. The molecule has 30 heavy (non-hydrogen) atoms. The van der Waals surface area contributed by atoms with Crippen molar-refractivity contribution in [2.75, 3.05) is 38.2 Å². The van der Waals surface area contributed by atoms with Crippen molar-refractivity contribution in [2.45, 2.75) is 11.8 Å². The van der Waals surface area contributed by atoms with Crippen molar-refractivity contribution in [3.05, 3.63) is 57.9 Å². The second-order valence-corrected chi connectivity index (χ2v) is 10.7. The Morgan fingerprint density at radius 1 is 1.10 bits per heavy atom. The molecule has 0 saturated carbocycles. The van der Waals surface area contributed by atoms with Gasteiger partial charge in [0.1, 0.15) is 10.6 Å². The van der Waals surface area contributed by atoms with E-state index in [4.69, 9.17) is 9.72 Å². The van der Waals surface area contributed by atoms with Crippen molar-refractivity contribution in [3.63, 3.8) is 0 Å². The Balaban J connectivity index is 1.49.